The summed E-state index contributed by atoms with van der Waals surface area (Å²) in [6.07, 6.45) is 3.64. The Bertz CT molecular complexity index is 549. The highest BCUT2D eigenvalue weighted by Crippen LogP contribution is 2.28. The molecule has 1 aliphatic carbocycles. The Morgan fingerprint density at radius 3 is 2.25 bits per heavy atom. The lowest BCUT2D eigenvalue weighted by molar-refractivity contribution is -0.144. The van der Waals surface area contributed by atoms with Crippen molar-refractivity contribution in [3.63, 3.8) is 0 Å². The summed E-state index contributed by atoms with van der Waals surface area (Å²) < 4.78 is 0. The summed E-state index contributed by atoms with van der Waals surface area (Å²) in [4.78, 5) is 38.6. The van der Waals surface area contributed by atoms with Crippen LogP contribution < -0.4 is 0 Å². The molecular formula is C15H16N2O3. The van der Waals surface area contributed by atoms with Gasteiger partial charge in [-0.15, -0.1) is 0 Å². The molecule has 1 saturated carbocycles. The van der Waals surface area contributed by atoms with Crippen molar-refractivity contribution in [1.82, 2.24) is 9.80 Å². The van der Waals surface area contributed by atoms with Gasteiger partial charge in [0.1, 0.15) is 0 Å². The van der Waals surface area contributed by atoms with Crippen LogP contribution in [0.2, 0.25) is 0 Å². The zero-order valence-electron chi connectivity index (χ0n) is 11.1. The van der Waals surface area contributed by atoms with E-state index in [1.54, 1.807) is 0 Å². The lowest BCUT2D eigenvalue weighted by Gasteiger charge is -2.21. The average Bonchev–Trinajstić information content (AvgIpc) is 3.04. The van der Waals surface area contributed by atoms with Crippen LogP contribution in [-0.2, 0) is 16.1 Å². The van der Waals surface area contributed by atoms with Crippen molar-refractivity contribution >= 4 is 17.8 Å². The molecule has 0 N–H and O–H groups in total. The summed E-state index contributed by atoms with van der Waals surface area (Å²) in [5.74, 6) is -1.37. The van der Waals surface area contributed by atoms with Gasteiger partial charge in [0, 0.05) is 6.04 Å². The highest BCUT2D eigenvalue weighted by Gasteiger charge is 2.47. The Balaban J connectivity index is 1.80. The van der Waals surface area contributed by atoms with Crippen LogP contribution in [0.25, 0.3) is 0 Å². The molecule has 1 aromatic carbocycles. The second-order valence-corrected chi connectivity index (χ2v) is 5.27. The van der Waals surface area contributed by atoms with Gasteiger partial charge >= 0.3 is 17.8 Å². The molecule has 1 heterocycles. The molecule has 1 saturated heterocycles. The first-order valence-electron chi connectivity index (χ1n) is 6.91. The molecule has 2 fully saturated rings. The van der Waals surface area contributed by atoms with Gasteiger partial charge < -0.3 is 0 Å². The molecule has 3 rings (SSSR count). The monoisotopic (exact) mass is 272 g/mol. The summed E-state index contributed by atoms with van der Waals surface area (Å²) in [6, 6.07) is 8.67. The third-order valence-electron chi connectivity index (χ3n) is 3.96. The highest BCUT2D eigenvalue weighted by atomic mass is 16.2. The maximum atomic E-state index is 12.3. The quantitative estimate of drug-likeness (QED) is 0.624. The van der Waals surface area contributed by atoms with Gasteiger partial charge in [-0.3, -0.25) is 19.4 Å². The SMILES string of the molecule is O=C1C(=O)N(C2CCCC2)C(=O)N1Cc1ccccc1. The van der Waals surface area contributed by atoms with Gasteiger partial charge in [-0.1, -0.05) is 43.2 Å². The zero-order chi connectivity index (χ0) is 14.1. The van der Waals surface area contributed by atoms with Crippen molar-refractivity contribution in [2.75, 3.05) is 0 Å². The van der Waals surface area contributed by atoms with Crippen LogP contribution in [0.1, 0.15) is 31.2 Å². The predicted molar refractivity (Wildman–Crippen MR) is 71.5 cm³/mol. The van der Waals surface area contributed by atoms with Crippen LogP contribution in [0.15, 0.2) is 30.3 Å². The number of carbonyl (C=O) groups is 3. The van der Waals surface area contributed by atoms with Crippen molar-refractivity contribution in [2.45, 2.75) is 38.3 Å². The van der Waals surface area contributed by atoms with Gasteiger partial charge in [-0.25, -0.2) is 4.79 Å². The number of rotatable bonds is 3. The predicted octanol–water partition coefficient (Wildman–Crippen LogP) is 1.92. The van der Waals surface area contributed by atoms with Gasteiger partial charge in [0.15, 0.2) is 0 Å². The molecule has 1 aliphatic heterocycles. The summed E-state index contributed by atoms with van der Waals surface area (Å²) in [7, 11) is 0. The normalized spacial score (nSPS) is 20.3. The first kappa shape index (κ1) is 12.8. The van der Waals surface area contributed by atoms with Crippen molar-refractivity contribution in [1.29, 1.82) is 0 Å². The first-order valence-corrected chi connectivity index (χ1v) is 6.91. The largest absolute Gasteiger partial charge is 0.334 e. The number of imide groups is 2. The van der Waals surface area contributed by atoms with E-state index < -0.39 is 17.8 Å². The van der Waals surface area contributed by atoms with Crippen LogP contribution in [0.5, 0.6) is 0 Å². The minimum atomic E-state index is -0.703. The van der Waals surface area contributed by atoms with Crippen molar-refractivity contribution in [3.8, 4) is 0 Å². The fraction of sp³-hybridized carbons (Fsp3) is 0.400. The van der Waals surface area contributed by atoms with Gasteiger partial charge in [0.2, 0.25) is 0 Å². The van der Waals surface area contributed by atoms with Crippen LogP contribution in [0.3, 0.4) is 0 Å². The van der Waals surface area contributed by atoms with Crippen LogP contribution in [-0.4, -0.2) is 33.7 Å². The molecule has 1 aromatic rings. The van der Waals surface area contributed by atoms with Crippen molar-refractivity contribution in [2.24, 2.45) is 0 Å². The maximum Gasteiger partial charge on any atom is 0.334 e. The van der Waals surface area contributed by atoms with E-state index in [4.69, 9.17) is 0 Å². The van der Waals surface area contributed by atoms with E-state index in [2.05, 4.69) is 0 Å². The Kier molecular flexibility index (Phi) is 3.26. The summed E-state index contributed by atoms with van der Waals surface area (Å²) in [5.41, 5.74) is 0.843. The second kappa shape index (κ2) is 5.07. The van der Waals surface area contributed by atoms with Crippen LogP contribution in [0, 0.1) is 0 Å². The molecule has 20 heavy (non-hydrogen) atoms. The smallest absolute Gasteiger partial charge is 0.263 e. The van der Waals surface area contributed by atoms with Crippen LogP contribution in [0.4, 0.5) is 4.79 Å². The van der Waals surface area contributed by atoms with E-state index in [0.29, 0.717) is 0 Å². The van der Waals surface area contributed by atoms with E-state index in [1.807, 2.05) is 30.3 Å². The van der Waals surface area contributed by atoms with E-state index in [0.717, 1.165) is 41.0 Å². The number of carbonyl (C=O) groups excluding carboxylic acids is 3. The molecule has 0 atom stereocenters. The molecule has 2 aliphatic rings. The highest BCUT2D eigenvalue weighted by molar-refractivity contribution is 6.44. The van der Waals surface area contributed by atoms with Gasteiger partial charge in [0.05, 0.1) is 6.54 Å². The van der Waals surface area contributed by atoms with Crippen molar-refractivity contribution in [3.05, 3.63) is 35.9 Å². The van der Waals surface area contributed by atoms with Crippen LogP contribution >= 0.6 is 0 Å². The molecule has 5 heteroatoms. The van der Waals surface area contributed by atoms with Gasteiger partial charge in [-0.05, 0) is 18.4 Å². The molecule has 0 radical (unpaired) electrons. The summed E-state index contributed by atoms with van der Waals surface area (Å²) in [6.45, 7) is 0.160. The first-order chi connectivity index (χ1) is 9.68. The Labute approximate surface area is 117 Å². The lowest BCUT2D eigenvalue weighted by atomic mass is 10.2. The Hall–Kier alpha value is -2.17. The number of amides is 4. The zero-order valence-corrected chi connectivity index (χ0v) is 11.1. The Morgan fingerprint density at radius 1 is 0.950 bits per heavy atom. The molecule has 4 amide bonds. The third kappa shape index (κ3) is 2.09. The third-order valence-corrected chi connectivity index (χ3v) is 3.96. The second-order valence-electron chi connectivity index (χ2n) is 5.27. The lowest BCUT2D eigenvalue weighted by Crippen LogP contribution is -2.39. The van der Waals surface area contributed by atoms with Gasteiger partial charge in [-0.2, -0.15) is 0 Å². The molecule has 0 aromatic heterocycles. The fourth-order valence-corrected chi connectivity index (χ4v) is 2.91. The summed E-state index contributed by atoms with van der Waals surface area (Å²) >= 11 is 0. The fourth-order valence-electron chi connectivity index (χ4n) is 2.91. The molecule has 0 bridgehead atoms. The molecule has 0 spiro atoms. The van der Waals surface area contributed by atoms with Crippen molar-refractivity contribution < 1.29 is 14.4 Å². The number of hydrogen-bond donors (Lipinski definition) is 0. The van der Waals surface area contributed by atoms with Gasteiger partial charge in [0.25, 0.3) is 0 Å². The van der Waals surface area contributed by atoms with E-state index in [9.17, 15) is 14.4 Å². The number of nitrogens with zero attached hydrogens (tertiary/aromatic N) is 2. The molecule has 0 unspecified atom stereocenters. The molecule has 5 nitrogen and oxygen atoms in total. The number of urea groups is 1. The molecule has 104 valence electrons. The topological polar surface area (TPSA) is 57.7 Å². The maximum absolute atomic E-state index is 12.3. The molecular weight excluding hydrogens is 256 g/mol. The average molecular weight is 272 g/mol. The number of benzene rings is 1. The minimum absolute atomic E-state index is 0.0975. The number of hydrogen-bond acceptors (Lipinski definition) is 3. The van der Waals surface area contributed by atoms with E-state index >= 15 is 0 Å². The van der Waals surface area contributed by atoms with E-state index in [-0.39, 0.29) is 12.6 Å². The standard InChI is InChI=1S/C15H16N2O3/c18-13-14(19)17(12-8-4-5-9-12)15(20)16(13)10-11-6-2-1-3-7-11/h1-3,6-7,12H,4-5,8-10H2. The Morgan fingerprint density at radius 2 is 1.60 bits per heavy atom. The minimum Gasteiger partial charge on any atom is -0.263 e. The van der Waals surface area contributed by atoms with E-state index in [1.165, 1.54) is 0 Å². The summed E-state index contributed by atoms with van der Waals surface area (Å²) in [5, 5.41) is 0.